The number of nitrogens with two attached hydrogens (primary N) is 1. The van der Waals surface area contributed by atoms with Gasteiger partial charge in [0.1, 0.15) is 5.82 Å². The summed E-state index contributed by atoms with van der Waals surface area (Å²) in [5.74, 6) is -0.478. The van der Waals surface area contributed by atoms with Gasteiger partial charge < -0.3 is 5.73 Å². The molecule has 0 spiro atoms. The summed E-state index contributed by atoms with van der Waals surface area (Å²) >= 11 is 13.9. The SMILES string of the molecule is NC(c1ccc(Br)c(Cl)c1F)c1sccc1Br. The lowest BCUT2D eigenvalue weighted by Gasteiger charge is -2.13. The van der Waals surface area contributed by atoms with Gasteiger partial charge in [0, 0.05) is 19.4 Å². The van der Waals surface area contributed by atoms with Crippen LogP contribution in [-0.4, -0.2) is 0 Å². The normalized spacial score (nSPS) is 12.8. The molecular formula is C11H7Br2ClFNS. The van der Waals surface area contributed by atoms with Gasteiger partial charge in [0.2, 0.25) is 0 Å². The average Bonchev–Trinajstić information content (AvgIpc) is 2.72. The maximum atomic E-state index is 14.0. The smallest absolute Gasteiger partial charge is 0.148 e. The molecule has 0 aliphatic carbocycles. The molecule has 1 aromatic carbocycles. The molecule has 17 heavy (non-hydrogen) atoms. The lowest BCUT2D eigenvalue weighted by molar-refractivity contribution is 0.600. The molecule has 0 aliphatic heterocycles. The molecule has 0 radical (unpaired) electrons. The Bertz CT molecular complexity index is 558. The number of halogens is 4. The number of thiophene rings is 1. The van der Waals surface area contributed by atoms with Crippen LogP contribution in [0.4, 0.5) is 4.39 Å². The molecule has 0 amide bonds. The summed E-state index contributed by atoms with van der Waals surface area (Å²) in [5, 5.41) is 1.96. The number of hydrogen-bond acceptors (Lipinski definition) is 2. The number of rotatable bonds is 2. The predicted molar refractivity (Wildman–Crippen MR) is 77.2 cm³/mol. The Morgan fingerprint density at radius 3 is 2.53 bits per heavy atom. The van der Waals surface area contributed by atoms with E-state index in [-0.39, 0.29) is 5.02 Å². The molecule has 0 bridgehead atoms. The largest absolute Gasteiger partial charge is 0.319 e. The standard InChI is InChI=1S/C11H7Br2ClFNS/c12-6-2-1-5(9(15)8(6)14)10(16)11-7(13)3-4-17-11/h1-4,10H,16H2. The Labute approximate surface area is 124 Å². The average molecular weight is 400 g/mol. The molecule has 0 saturated carbocycles. The highest BCUT2D eigenvalue weighted by Gasteiger charge is 2.20. The van der Waals surface area contributed by atoms with E-state index in [9.17, 15) is 4.39 Å². The Morgan fingerprint density at radius 1 is 1.24 bits per heavy atom. The van der Waals surface area contributed by atoms with Gasteiger partial charge in [0.25, 0.3) is 0 Å². The highest BCUT2D eigenvalue weighted by atomic mass is 79.9. The van der Waals surface area contributed by atoms with E-state index < -0.39 is 11.9 Å². The fourth-order valence-corrected chi connectivity index (χ4v) is 3.57. The second kappa shape index (κ2) is 5.36. The predicted octanol–water partition coefficient (Wildman–Crippen LogP) is 5.11. The van der Waals surface area contributed by atoms with Crippen molar-refractivity contribution in [3.8, 4) is 0 Å². The van der Waals surface area contributed by atoms with E-state index in [1.165, 1.54) is 11.3 Å². The van der Waals surface area contributed by atoms with Gasteiger partial charge >= 0.3 is 0 Å². The van der Waals surface area contributed by atoms with Crippen molar-refractivity contribution in [1.82, 2.24) is 0 Å². The molecule has 1 atom stereocenters. The summed E-state index contributed by atoms with van der Waals surface area (Å²) in [6, 6.07) is 4.71. The first-order chi connectivity index (χ1) is 8.02. The van der Waals surface area contributed by atoms with Crippen LogP contribution in [0.5, 0.6) is 0 Å². The third-order valence-corrected chi connectivity index (χ3v) is 5.54. The zero-order valence-corrected chi connectivity index (χ0v) is 13.1. The van der Waals surface area contributed by atoms with E-state index in [1.54, 1.807) is 12.1 Å². The van der Waals surface area contributed by atoms with Gasteiger partial charge in [0.15, 0.2) is 0 Å². The molecule has 0 fully saturated rings. The Hall–Kier alpha value is 0.0600. The van der Waals surface area contributed by atoms with Crippen molar-refractivity contribution >= 4 is 54.8 Å². The van der Waals surface area contributed by atoms with Crippen LogP contribution in [0.3, 0.4) is 0 Å². The summed E-state index contributed by atoms with van der Waals surface area (Å²) in [6.07, 6.45) is 0. The maximum absolute atomic E-state index is 14.0. The van der Waals surface area contributed by atoms with E-state index in [0.29, 0.717) is 10.0 Å². The molecule has 1 nitrogen and oxygen atoms in total. The van der Waals surface area contributed by atoms with Crippen LogP contribution in [0.15, 0.2) is 32.5 Å². The minimum atomic E-state index is -0.519. The minimum Gasteiger partial charge on any atom is -0.319 e. The zero-order chi connectivity index (χ0) is 12.6. The molecule has 1 heterocycles. The Kier molecular flexibility index (Phi) is 4.26. The molecule has 0 aliphatic rings. The third-order valence-electron chi connectivity index (χ3n) is 2.33. The van der Waals surface area contributed by atoms with Gasteiger partial charge in [0.05, 0.1) is 11.1 Å². The number of benzene rings is 1. The first-order valence-corrected chi connectivity index (χ1v) is 7.48. The van der Waals surface area contributed by atoms with Crippen LogP contribution in [0.25, 0.3) is 0 Å². The fraction of sp³-hybridized carbons (Fsp3) is 0.0909. The topological polar surface area (TPSA) is 26.0 Å². The van der Waals surface area contributed by atoms with Gasteiger partial charge in [-0.2, -0.15) is 0 Å². The molecule has 6 heteroatoms. The van der Waals surface area contributed by atoms with Crippen molar-refractivity contribution in [3.63, 3.8) is 0 Å². The van der Waals surface area contributed by atoms with Crippen molar-refractivity contribution < 1.29 is 4.39 Å². The molecule has 2 aromatic rings. The second-order valence-corrected chi connectivity index (χ2v) is 6.41. The minimum absolute atomic E-state index is 0.0608. The molecule has 0 saturated heterocycles. The molecule has 1 aromatic heterocycles. The molecule has 90 valence electrons. The van der Waals surface area contributed by atoms with Crippen LogP contribution in [0.2, 0.25) is 5.02 Å². The van der Waals surface area contributed by atoms with Gasteiger partial charge in [-0.1, -0.05) is 17.7 Å². The van der Waals surface area contributed by atoms with Crippen LogP contribution in [0, 0.1) is 5.82 Å². The van der Waals surface area contributed by atoms with Gasteiger partial charge in [-0.05, 0) is 49.4 Å². The lowest BCUT2D eigenvalue weighted by Crippen LogP contribution is -2.13. The molecule has 1 unspecified atom stereocenters. The Morgan fingerprint density at radius 2 is 1.94 bits per heavy atom. The van der Waals surface area contributed by atoms with Gasteiger partial charge in [-0.15, -0.1) is 11.3 Å². The van der Waals surface area contributed by atoms with Gasteiger partial charge in [-0.25, -0.2) is 4.39 Å². The van der Waals surface area contributed by atoms with Crippen molar-refractivity contribution in [2.75, 3.05) is 0 Å². The summed E-state index contributed by atoms with van der Waals surface area (Å²) < 4.78 is 15.4. The maximum Gasteiger partial charge on any atom is 0.148 e. The summed E-state index contributed by atoms with van der Waals surface area (Å²) in [4.78, 5) is 0.877. The highest BCUT2D eigenvalue weighted by molar-refractivity contribution is 9.10. The quantitative estimate of drug-likeness (QED) is 0.698. The third kappa shape index (κ3) is 2.58. The first-order valence-electron chi connectivity index (χ1n) is 4.64. The molecule has 2 N–H and O–H groups in total. The Balaban J connectivity index is 2.48. The van der Waals surface area contributed by atoms with E-state index in [1.807, 2.05) is 11.4 Å². The molecular weight excluding hydrogens is 392 g/mol. The van der Waals surface area contributed by atoms with Crippen molar-refractivity contribution in [1.29, 1.82) is 0 Å². The van der Waals surface area contributed by atoms with Crippen molar-refractivity contribution in [2.24, 2.45) is 5.73 Å². The highest BCUT2D eigenvalue weighted by Crippen LogP contribution is 2.36. The van der Waals surface area contributed by atoms with Crippen LogP contribution in [0.1, 0.15) is 16.5 Å². The van der Waals surface area contributed by atoms with E-state index in [2.05, 4.69) is 31.9 Å². The van der Waals surface area contributed by atoms with Crippen molar-refractivity contribution in [2.45, 2.75) is 6.04 Å². The fourth-order valence-electron chi connectivity index (χ4n) is 1.45. The van der Waals surface area contributed by atoms with E-state index in [4.69, 9.17) is 17.3 Å². The summed E-state index contributed by atoms with van der Waals surface area (Å²) in [6.45, 7) is 0. The van der Waals surface area contributed by atoms with Crippen LogP contribution >= 0.6 is 54.8 Å². The second-order valence-electron chi connectivity index (χ2n) is 3.38. The number of hydrogen-bond donors (Lipinski definition) is 1. The van der Waals surface area contributed by atoms with Crippen LogP contribution < -0.4 is 5.73 Å². The van der Waals surface area contributed by atoms with Crippen LogP contribution in [-0.2, 0) is 0 Å². The van der Waals surface area contributed by atoms with Gasteiger partial charge in [-0.3, -0.25) is 0 Å². The zero-order valence-electron chi connectivity index (χ0n) is 8.38. The van der Waals surface area contributed by atoms with E-state index >= 15 is 0 Å². The summed E-state index contributed by atoms with van der Waals surface area (Å²) in [7, 11) is 0. The first kappa shape index (κ1) is 13.5. The summed E-state index contributed by atoms with van der Waals surface area (Å²) in [5.41, 5.74) is 6.44. The lowest BCUT2D eigenvalue weighted by atomic mass is 10.1. The van der Waals surface area contributed by atoms with E-state index in [0.717, 1.165) is 9.35 Å². The van der Waals surface area contributed by atoms with Crippen molar-refractivity contribution in [3.05, 3.63) is 53.8 Å². The monoisotopic (exact) mass is 397 g/mol. The molecule has 2 rings (SSSR count).